The second kappa shape index (κ2) is 6.16. The molecule has 1 aromatic heterocycles. The molecule has 0 saturated heterocycles. The zero-order chi connectivity index (χ0) is 13.0. The minimum absolute atomic E-state index is 0.281. The van der Waals surface area contributed by atoms with Crippen molar-refractivity contribution < 1.29 is 4.74 Å². The molecular weight excluding hydrogens is 244 g/mol. The van der Waals surface area contributed by atoms with Crippen molar-refractivity contribution in [3.8, 4) is 5.75 Å². The Morgan fingerprint density at radius 2 is 2.28 bits per heavy atom. The van der Waals surface area contributed by atoms with Crippen molar-refractivity contribution >= 4 is 21.6 Å². The van der Waals surface area contributed by atoms with E-state index in [4.69, 9.17) is 10.5 Å². The maximum Gasteiger partial charge on any atom is 0.120 e. The van der Waals surface area contributed by atoms with Gasteiger partial charge in [-0.05, 0) is 51.3 Å². The molecule has 4 heteroatoms. The van der Waals surface area contributed by atoms with Gasteiger partial charge in [0.2, 0.25) is 0 Å². The van der Waals surface area contributed by atoms with Crippen LogP contribution in [-0.4, -0.2) is 17.6 Å². The van der Waals surface area contributed by atoms with E-state index in [1.165, 1.54) is 9.71 Å². The summed E-state index contributed by atoms with van der Waals surface area (Å²) in [7, 11) is 0. The van der Waals surface area contributed by atoms with Gasteiger partial charge in [0.1, 0.15) is 5.75 Å². The number of nitrogens with two attached hydrogens (primary N) is 1. The monoisotopic (exact) mass is 264 g/mol. The highest BCUT2D eigenvalue weighted by Gasteiger charge is 2.05. The van der Waals surface area contributed by atoms with Crippen molar-refractivity contribution in [3.63, 3.8) is 0 Å². The highest BCUT2D eigenvalue weighted by molar-refractivity contribution is 7.18. The van der Waals surface area contributed by atoms with Crippen LogP contribution in [0.4, 0.5) is 0 Å². The smallest absolute Gasteiger partial charge is 0.120 e. The molecular formula is C14H20N2OS. The largest absolute Gasteiger partial charge is 0.494 e. The molecule has 2 N–H and O–H groups in total. The van der Waals surface area contributed by atoms with Gasteiger partial charge in [0.25, 0.3) is 0 Å². The third-order valence-corrected chi connectivity index (χ3v) is 3.84. The van der Waals surface area contributed by atoms with E-state index >= 15 is 0 Å². The Bertz CT molecular complexity index is 507. The number of ether oxygens (including phenoxy) is 1. The van der Waals surface area contributed by atoms with Gasteiger partial charge in [-0.25, -0.2) is 4.98 Å². The molecule has 0 spiro atoms. The van der Waals surface area contributed by atoms with E-state index in [0.29, 0.717) is 6.61 Å². The number of hydrogen-bond donors (Lipinski definition) is 1. The van der Waals surface area contributed by atoms with E-state index < -0.39 is 0 Å². The summed E-state index contributed by atoms with van der Waals surface area (Å²) < 4.78 is 6.70. The van der Waals surface area contributed by atoms with Crippen molar-refractivity contribution in [2.24, 2.45) is 5.73 Å². The molecule has 3 nitrogen and oxygen atoms in total. The summed E-state index contributed by atoms with van der Waals surface area (Å²) in [5.74, 6) is 0.927. The lowest BCUT2D eigenvalue weighted by atomic mass is 10.1. The molecule has 1 heterocycles. The lowest BCUT2D eigenvalue weighted by Gasteiger charge is -2.01. The first-order valence-corrected chi connectivity index (χ1v) is 7.28. The number of aryl methyl sites for hydroxylation is 1. The normalized spacial score (nSPS) is 12.8. The minimum atomic E-state index is 0.281. The quantitative estimate of drug-likeness (QED) is 0.870. The first kappa shape index (κ1) is 13.3. The number of thiazole rings is 1. The third kappa shape index (κ3) is 3.43. The molecule has 0 amide bonds. The van der Waals surface area contributed by atoms with Crippen LogP contribution in [0.1, 0.15) is 31.7 Å². The molecule has 0 saturated carbocycles. The first-order chi connectivity index (χ1) is 8.69. The van der Waals surface area contributed by atoms with E-state index in [-0.39, 0.29) is 6.04 Å². The van der Waals surface area contributed by atoms with E-state index in [9.17, 15) is 0 Å². The average Bonchev–Trinajstić information content (AvgIpc) is 2.71. The minimum Gasteiger partial charge on any atom is -0.494 e. The number of nitrogens with zero attached hydrogens (tertiary/aromatic N) is 1. The molecule has 0 aliphatic rings. The maximum absolute atomic E-state index is 5.75. The van der Waals surface area contributed by atoms with Gasteiger partial charge in [-0.1, -0.05) is 0 Å². The molecule has 0 aliphatic carbocycles. The Morgan fingerprint density at radius 3 is 3.00 bits per heavy atom. The number of rotatable bonds is 6. The van der Waals surface area contributed by atoms with Gasteiger partial charge in [-0.3, -0.25) is 0 Å². The highest BCUT2D eigenvalue weighted by atomic mass is 32.1. The predicted molar refractivity (Wildman–Crippen MR) is 77.4 cm³/mol. The molecule has 18 heavy (non-hydrogen) atoms. The van der Waals surface area contributed by atoms with Crippen molar-refractivity contribution in [1.82, 2.24) is 4.98 Å². The van der Waals surface area contributed by atoms with E-state index in [0.717, 1.165) is 30.5 Å². The van der Waals surface area contributed by atoms with Gasteiger partial charge in [0.15, 0.2) is 0 Å². The van der Waals surface area contributed by atoms with E-state index in [1.54, 1.807) is 11.3 Å². The van der Waals surface area contributed by atoms with Gasteiger partial charge in [0.05, 0.1) is 21.8 Å². The van der Waals surface area contributed by atoms with Crippen LogP contribution in [-0.2, 0) is 6.42 Å². The number of hydrogen-bond acceptors (Lipinski definition) is 4. The predicted octanol–water partition coefficient (Wildman–Crippen LogP) is 3.36. The summed E-state index contributed by atoms with van der Waals surface area (Å²) in [4.78, 5) is 4.63. The Morgan fingerprint density at radius 1 is 1.44 bits per heavy atom. The van der Waals surface area contributed by atoms with Gasteiger partial charge < -0.3 is 10.5 Å². The van der Waals surface area contributed by atoms with Crippen LogP contribution < -0.4 is 10.5 Å². The summed E-state index contributed by atoms with van der Waals surface area (Å²) >= 11 is 1.76. The fourth-order valence-corrected chi connectivity index (χ4v) is 2.93. The average molecular weight is 264 g/mol. The SMILES string of the molecule is CCOc1ccc2nc(CCCC(C)N)sc2c1. The fourth-order valence-electron chi connectivity index (χ4n) is 1.89. The second-order valence-corrected chi connectivity index (χ2v) is 5.65. The van der Waals surface area contributed by atoms with Crippen LogP contribution in [0.25, 0.3) is 10.2 Å². The van der Waals surface area contributed by atoms with E-state index in [2.05, 4.69) is 11.1 Å². The van der Waals surface area contributed by atoms with E-state index in [1.807, 2.05) is 26.0 Å². The molecule has 98 valence electrons. The first-order valence-electron chi connectivity index (χ1n) is 6.47. The molecule has 0 radical (unpaired) electrons. The number of fused-ring (bicyclic) bond motifs is 1. The topological polar surface area (TPSA) is 48.1 Å². The number of benzene rings is 1. The van der Waals surface area contributed by atoms with Crippen LogP contribution in [0.3, 0.4) is 0 Å². The van der Waals surface area contributed by atoms with Gasteiger partial charge in [0, 0.05) is 6.04 Å². The highest BCUT2D eigenvalue weighted by Crippen LogP contribution is 2.27. The van der Waals surface area contributed by atoms with Crippen molar-refractivity contribution in [3.05, 3.63) is 23.2 Å². The van der Waals surface area contributed by atoms with Crippen LogP contribution >= 0.6 is 11.3 Å². The van der Waals surface area contributed by atoms with Gasteiger partial charge in [-0.2, -0.15) is 0 Å². The molecule has 0 bridgehead atoms. The molecule has 1 atom stereocenters. The molecule has 0 aliphatic heterocycles. The zero-order valence-electron chi connectivity index (χ0n) is 11.0. The van der Waals surface area contributed by atoms with Crippen molar-refractivity contribution in [2.75, 3.05) is 6.61 Å². The summed E-state index contributed by atoms with van der Waals surface area (Å²) in [5, 5.41) is 1.19. The Hall–Kier alpha value is -1.13. The standard InChI is InChI=1S/C14H20N2OS/c1-3-17-11-7-8-12-13(9-11)18-14(16-12)6-4-5-10(2)15/h7-10H,3-6,15H2,1-2H3. The lowest BCUT2D eigenvalue weighted by Crippen LogP contribution is -2.14. The summed E-state index contributed by atoms with van der Waals surface area (Å²) in [6.07, 6.45) is 3.18. The van der Waals surface area contributed by atoms with Crippen molar-refractivity contribution in [1.29, 1.82) is 0 Å². The molecule has 2 aromatic rings. The Kier molecular flexibility index (Phi) is 4.55. The summed E-state index contributed by atoms with van der Waals surface area (Å²) in [6, 6.07) is 6.37. The summed E-state index contributed by atoms with van der Waals surface area (Å²) in [5.41, 5.74) is 6.82. The second-order valence-electron chi connectivity index (χ2n) is 4.54. The van der Waals surface area contributed by atoms with Crippen LogP contribution in [0, 0.1) is 0 Å². The van der Waals surface area contributed by atoms with Gasteiger partial charge in [-0.15, -0.1) is 11.3 Å². The van der Waals surface area contributed by atoms with Crippen LogP contribution in [0.15, 0.2) is 18.2 Å². The summed E-state index contributed by atoms with van der Waals surface area (Å²) in [6.45, 7) is 4.74. The molecule has 1 unspecified atom stereocenters. The fraction of sp³-hybridized carbons (Fsp3) is 0.500. The number of aromatic nitrogens is 1. The zero-order valence-corrected chi connectivity index (χ0v) is 11.8. The van der Waals surface area contributed by atoms with Gasteiger partial charge >= 0.3 is 0 Å². The lowest BCUT2D eigenvalue weighted by molar-refractivity contribution is 0.341. The Labute approximate surface area is 112 Å². The third-order valence-electron chi connectivity index (χ3n) is 2.77. The molecule has 0 fully saturated rings. The maximum atomic E-state index is 5.75. The molecule has 2 rings (SSSR count). The van der Waals surface area contributed by atoms with Crippen molar-refractivity contribution in [2.45, 2.75) is 39.2 Å². The molecule has 1 aromatic carbocycles. The van der Waals surface area contributed by atoms with Crippen LogP contribution in [0.5, 0.6) is 5.75 Å². The Balaban J connectivity index is 2.07. The van der Waals surface area contributed by atoms with Crippen LogP contribution in [0.2, 0.25) is 0 Å².